The number of benzene rings is 1. The van der Waals surface area contributed by atoms with E-state index in [1.54, 1.807) is 14.0 Å². The lowest BCUT2D eigenvalue weighted by molar-refractivity contribution is -0.139. The summed E-state index contributed by atoms with van der Waals surface area (Å²) in [5, 5.41) is 3.02. The Labute approximate surface area is 114 Å². The number of ether oxygens (including phenoxy) is 2. The van der Waals surface area contributed by atoms with Gasteiger partial charge in [0.15, 0.2) is 0 Å². The van der Waals surface area contributed by atoms with Crippen LogP contribution >= 0.6 is 0 Å². The highest BCUT2D eigenvalue weighted by atomic mass is 19.4. The van der Waals surface area contributed by atoms with Crippen molar-refractivity contribution in [2.75, 3.05) is 26.9 Å². The summed E-state index contributed by atoms with van der Waals surface area (Å²) < 4.78 is 61.0. The van der Waals surface area contributed by atoms with Gasteiger partial charge in [0.2, 0.25) is 0 Å². The molecule has 0 aliphatic heterocycles. The lowest BCUT2D eigenvalue weighted by atomic mass is 10.2. The fourth-order valence-corrected chi connectivity index (χ4v) is 1.53. The SMILES string of the molecule is COCCNC(C)COc1ccc(F)cc1C(F)(F)F. The van der Waals surface area contributed by atoms with Crippen molar-refractivity contribution in [1.29, 1.82) is 0 Å². The van der Waals surface area contributed by atoms with Gasteiger partial charge >= 0.3 is 6.18 Å². The van der Waals surface area contributed by atoms with E-state index < -0.39 is 17.6 Å². The van der Waals surface area contributed by atoms with Crippen LogP contribution in [-0.4, -0.2) is 32.9 Å². The Kier molecular flexibility index (Phi) is 6.22. The van der Waals surface area contributed by atoms with Crippen LogP contribution in [0.5, 0.6) is 5.75 Å². The molecule has 3 nitrogen and oxygen atoms in total. The van der Waals surface area contributed by atoms with E-state index in [-0.39, 0.29) is 18.4 Å². The number of halogens is 4. The van der Waals surface area contributed by atoms with E-state index in [1.165, 1.54) is 0 Å². The zero-order valence-electron chi connectivity index (χ0n) is 11.3. The Bertz CT molecular complexity index is 423. The highest BCUT2D eigenvalue weighted by Gasteiger charge is 2.34. The molecule has 20 heavy (non-hydrogen) atoms. The number of hydrogen-bond donors (Lipinski definition) is 1. The number of rotatable bonds is 7. The van der Waals surface area contributed by atoms with Gasteiger partial charge in [-0.2, -0.15) is 13.2 Å². The molecular weight excluding hydrogens is 278 g/mol. The van der Waals surface area contributed by atoms with Gasteiger partial charge in [0.25, 0.3) is 0 Å². The number of alkyl halides is 3. The maximum absolute atomic E-state index is 12.9. The van der Waals surface area contributed by atoms with Crippen molar-refractivity contribution < 1.29 is 27.0 Å². The lowest BCUT2D eigenvalue weighted by Crippen LogP contribution is -2.34. The van der Waals surface area contributed by atoms with Crippen LogP contribution in [0.15, 0.2) is 18.2 Å². The van der Waals surface area contributed by atoms with Gasteiger partial charge < -0.3 is 14.8 Å². The van der Waals surface area contributed by atoms with E-state index in [9.17, 15) is 17.6 Å². The van der Waals surface area contributed by atoms with Crippen molar-refractivity contribution in [3.05, 3.63) is 29.6 Å². The second-order valence-electron chi connectivity index (χ2n) is 4.30. The largest absolute Gasteiger partial charge is 0.491 e. The molecule has 7 heteroatoms. The molecular formula is C13H17F4NO2. The fraction of sp³-hybridized carbons (Fsp3) is 0.538. The minimum absolute atomic E-state index is 0.0401. The molecule has 0 fully saturated rings. The first kappa shape index (κ1) is 16.7. The zero-order chi connectivity index (χ0) is 15.2. The van der Waals surface area contributed by atoms with E-state index in [0.29, 0.717) is 19.2 Å². The summed E-state index contributed by atoms with van der Waals surface area (Å²) in [6.45, 7) is 2.87. The molecule has 0 aliphatic rings. The molecule has 1 aromatic rings. The molecule has 0 aromatic heterocycles. The molecule has 0 spiro atoms. The Morgan fingerprint density at radius 1 is 1.30 bits per heavy atom. The smallest absolute Gasteiger partial charge is 0.420 e. The molecule has 0 bridgehead atoms. The number of methoxy groups -OCH3 is 1. The molecule has 0 heterocycles. The van der Waals surface area contributed by atoms with Crippen LogP contribution in [0.1, 0.15) is 12.5 Å². The summed E-state index contributed by atoms with van der Waals surface area (Å²) in [6, 6.07) is 2.20. The highest BCUT2D eigenvalue weighted by molar-refractivity contribution is 5.36. The average Bonchev–Trinajstić information content (AvgIpc) is 2.36. The maximum Gasteiger partial charge on any atom is 0.420 e. The Balaban J connectivity index is 2.64. The first-order chi connectivity index (χ1) is 9.34. The second-order valence-corrected chi connectivity index (χ2v) is 4.30. The molecule has 1 unspecified atom stereocenters. The van der Waals surface area contributed by atoms with Crippen molar-refractivity contribution in [3.63, 3.8) is 0 Å². The third kappa shape index (κ3) is 5.34. The van der Waals surface area contributed by atoms with Crippen molar-refractivity contribution in [2.24, 2.45) is 0 Å². The third-order valence-electron chi connectivity index (χ3n) is 2.53. The molecule has 1 rings (SSSR count). The zero-order valence-corrected chi connectivity index (χ0v) is 11.3. The van der Waals surface area contributed by atoms with Crippen LogP contribution in [0.25, 0.3) is 0 Å². The fourth-order valence-electron chi connectivity index (χ4n) is 1.53. The average molecular weight is 295 g/mol. The summed E-state index contributed by atoms with van der Waals surface area (Å²) >= 11 is 0. The van der Waals surface area contributed by atoms with Crippen molar-refractivity contribution >= 4 is 0 Å². The number of hydrogen-bond acceptors (Lipinski definition) is 3. The molecule has 0 saturated carbocycles. The molecule has 1 N–H and O–H groups in total. The maximum atomic E-state index is 12.9. The second kappa shape index (κ2) is 7.44. The predicted octanol–water partition coefficient (Wildman–Crippen LogP) is 2.85. The Hall–Kier alpha value is -1.34. The molecule has 0 saturated heterocycles. The monoisotopic (exact) mass is 295 g/mol. The normalized spacial score (nSPS) is 13.3. The lowest BCUT2D eigenvalue weighted by Gasteiger charge is -2.17. The van der Waals surface area contributed by atoms with E-state index in [1.807, 2.05) is 0 Å². The van der Waals surface area contributed by atoms with Crippen molar-refractivity contribution in [2.45, 2.75) is 19.1 Å². The van der Waals surface area contributed by atoms with Crippen LogP contribution in [0, 0.1) is 5.82 Å². The van der Waals surface area contributed by atoms with E-state index in [0.717, 1.165) is 12.1 Å². The summed E-state index contributed by atoms with van der Waals surface area (Å²) in [7, 11) is 1.55. The molecule has 0 radical (unpaired) electrons. The van der Waals surface area contributed by atoms with Gasteiger partial charge in [-0.05, 0) is 25.1 Å². The molecule has 0 aliphatic carbocycles. The number of nitrogens with one attached hydrogen (secondary N) is 1. The Morgan fingerprint density at radius 3 is 2.60 bits per heavy atom. The van der Waals surface area contributed by atoms with Gasteiger partial charge in [0, 0.05) is 19.7 Å². The minimum atomic E-state index is -4.65. The molecule has 1 aromatic carbocycles. The first-order valence-corrected chi connectivity index (χ1v) is 6.06. The van der Waals surface area contributed by atoms with Gasteiger partial charge in [-0.25, -0.2) is 4.39 Å². The summed E-state index contributed by atoms with van der Waals surface area (Å²) in [5.41, 5.74) is -1.11. The van der Waals surface area contributed by atoms with E-state index >= 15 is 0 Å². The van der Waals surface area contributed by atoms with Crippen LogP contribution in [-0.2, 0) is 10.9 Å². The van der Waals surface area contributed by atoms with Crippen molar-refractivity contribution in [1.82, 2.24) is 5.32 Å². The van der Waals surface area contributed by atoms with Gasteiger partial charge in [-0.3, -0.25) is 0 Å². The van der Waals surface area contributed by atoms with E-state index in [4.69, 9.17) is 9.47 Å². The first-order valence-electron chi connectivity index (χ1n) is 6.06. The summed E-state index contributed by atoms with van der Waals surface area (Å²) in [4.78, 5) is 0. The third-order valence-corrected chi connectivity index (χ3v) is 2.53. The topological polar surface area (TPSA) is 30.5 Å². The van der Waals surface area contributed by atoms with Gasteiger partial charge in [0.1, 0.15) is 23.7 Å². The van der Waals surface area contributed by atoms with Gasteiger partial charge in [0.05, 0.1) is 6.61 Å². The molecule has 1 atom stereocenters. The van der Waals surface area contributed by atoms with Crippen LogP contribution in [0.3, 0.4) is 0 Å². The van der Waals surface area contributed by atoms with Gasteiger partial charge in [-0.15, -0.1) is 0 Å². The summed E-state index contributed by atoms with van der Waals surface area (Å²) in [5.74, 6) is -1.32. The Morgan fingerprint density at radius 2 is 2.00 bits per heavy atom. The van der Waals surface area contributed by atoms with E-state index in [2.05, 4.69) is 5.32 Å². The van der Waals surface area contributed by atoms with Crippen LogP contribution in [0.4, 0.5) is 17.6 Å². The van der Waals surface area contributed by atoms with Gasteiger partial charge in [-0.1, -0.05) is 0 Å². The van der Waals surface area contributed by atoms with Crippen LogP contribution in [0.2, 0.25) is 0 Å². The van der Waals surface area contributed by atoms with Crippen molar-refractivity contribution in [3.8, 4) is 5.75 Å². The minimum Gasteiger partial charge on any atom is -0.491 e. The molecule has 0 amide bonds. The predicted molar refractivity (Wildman–Crippen MR) is 66.2 cm³/mol. The molecule has 114 valence electrons. The summed E-state index contributed by atoms with van der Waals surface area (Å²) in [6.07, 6.45) is -4.65. The standard InChI is InChI=1S/C13H17F4NO2/c1-9(18-5-6-19-2)8-20-12-4-3-10(14)7-11(12)13(15,16)17/h3-4,7,9,18H,5-6,8H2,1-2H3. The quantitative estimate of drug-likeness (QED) is 0.620. The highest BCUT2D eigenvalue weighted by Crippen LogP contribution is 2.36. The van der Waals surface area contributed by atoms with Crippen LogP contribution < -0.4 is 10.1 Å².